The summed E-state index contributed by atoms with van der Waals surface area (Å²) in [4.78, 5) is 14.6. The molecule has 0 atom stereocenters. The van der Waals surface area contributed by atoms with Gasteiger partial charge in [-0.2, -0.15) is 0 Å². The third-order valence-electron chi connectivity index (χ3n) is 3.79. The van der Waals surface area contributed by atoms with Gasteiger partial charge in [-0.3, -0.25) is 9.69 Å². The lowest BCUT2D eigenvalue weighted by Crippen LogP contribution is -2.22. The summed E-state index contributed by atoms with van der Waals surface area (Å²) in [6, 6.07) is 18.2. The smallest absolute Gasteiger partial charge is 0.164 e. The number of thioether (sulfide) groups is 1. The first-order chi connectivity index (χ1) is 10.3. The van der Waals surface area contributed by atoms with Crippen LogP contribution in [0, 0.1) is 0 Å². The van der Waals surface area contributed by atoms with E-state index >= 15 is 0 Å². The monoisotopic (exact) mass is 297 g/mol. The number of carbonyl (C=O) groups is 1. The van der Waals surface area contributed by atoms with Crippen molar-refractivity contribution >= 4 is 17.5 Å². The number of ketones is 1. The molecule has 0 radical (unpaired) electrons. The molecule has 2 aromatic rings. The fourth-order valence-corrected chi connectivity index (χ4v) is 3.54. The number of hydrogen-bond donors (Lipinski definition) is 0. The molecule has 0 spiro atoms. The van der Waals surface area contributed by atoms with Gasteiger partial charge in [0.05, 0.1) is 0 Å². The Morgan fingerprint density at radius 1 is 1.00 bits per heavy atom. The first-order valence-electron chi connectivity index (χ1n) is 7.32. The fourth-order valence-electron chi connectivity index (χ4n) is 2.51. The van der Waals surface area contributed by atoms with Crippen molar-refractivity contribution in [1.29, 1.82) is 0 Å². The Labute approximate surface area is 130 Å². The van der Waals surface area contributed by atoms with E-state index in [0.29, 0.717) is 6.42 Å². The summed E-state index contributed by atoms with van der Waals surface area (Å²) in [5, 5.41) is 0. The zero-order valence-corrected chi connectivity index (χ0v) is 12.8. The summed E-state index contributed by atoms with van der Waals surface area (Å²) in [6.07, 6.45) is 0.616. The molecule has 0 bridgehead atoms. The van der Waals surface area contributed by atoms with Crippen molar-refractivity contribution in [2.45, 2.75) is 6.42 Å². The van der Waals surface area contributed by atoms with Crippen LogP contribution in [0.5, 0.6) is 0 Å². The first-order valence-corrected chi connectivity index (χ1v) is 8.47. The van der Waals surface area contributed by atoms with Crippen molar-refractivity contribution in [3.05, 3.63) is 60.2 Å². The SMILES string of the molecule is O=C(CCN1CCSC1)c1ccc(-c2ccccc2)cc1. The highest BCUT2D eigenvalue weighted by Crippen LogP contribution is 2.20. The zero-order chi connectivity index (χ0) is 14.5. The van der Waals surface area contributed by atoms with Gasteiger partial charge in [-0.25, -0.2) is 0 Å². The molecule has 1 fully saturated rings. The second kappa shape index (κ2) is 6.92. The van der Waals surface area contributed by atoms with E-state index in [1.807, 2.05) is 54.2 Å². The second-order valence-electron chi connectivity index (χ2n) is 5.27. The molecule has 2 nitrogen and oxygen atoms in total. The van der Waals surface area contributed by atoms with E-state index < -0.39 is 0 Å². The third-order valence-corrected chi connectivity index (χ3v) is 4.81. The fraction of sp³-hybridized carbons (Fsp3) is 0.278. The Morgan fingerprint density at radius 3 is 2.38 bits per heavy atom. The normalized spacial score (nSPS) is 15.2. The van der Waals surface area contributed by atoms with Gasteiger partial charge in [-0.15, -0.1) is 11.8 Å². The number of benzene rings is 2. The highest BCUT2D eigenvalue weighted by Gasteiger charge is 2.14. The van der Waals surface area contributed by atoms with Crippen LogP contribution in [0.25, 0.3) is 11.1 Å². The maximum atomic E-state index is 12.2. The Bertz CT molecular complexity index is 588. The van der Waals surface area contributed by atoms with Crippen LogP contribution in [0.3, 0.4) is 0 Å². The quantitative estimate of drug-likeness (QED) is 0.780. The summed E-state index contributed by atoms with van der Waals surface area (Å²) in [5.74, 6) is 2.51. The van der Waals surface area contributed by atoms with Crippen molar-refractivity contribution in [1.82, 2.24) is 4.90 Å². The third kappa shape index (κ3) is 3.74. The highest BCUT2D eigenvalue weighted by molar-refractivity contribution is 7.99. The van der Waals surface area contributed by atoms with Crippen molar-refractivity contribution in [3.63, 3.8) is 0 Å². The van der Waals surface area contributed by atoms with Gasteiger partial charge in [0.25, 0.3) is 0 Å². The van der Waals surface area contributed by atoms with E-state index in [4.69, 9.17) is 0 Å². The average Bonchev–Trinajstić information content (AvgIpc) is 3.07. The van der Waals surface area contributed by atoms with Gasteiger partial charge in [0.2, 0.25) is 0 Å². The molecule has 108 valence electrons. The van der Waals surface area contributed by atoms with E-state index in [-0.39, 0.29) is 5.78 Å². The van der Waals surface area contributed by atoms with Gasteiger partial charge in [-0.1, -0.05) is 54.6 Å². The van der Waals surface area contributed by atoms with E-state index in [1.165, 1.54) is 11.3 Å². The lowest BCUT2D eigenvalue weighted by atomic mass is 10.0. The zero-order valence-electron chi connectivity index (χ0n) is 12.0. The minimum absolute atomic E-state index is 0.242. The topological polar surface area (TPSA) is 20.3 Å². The summed E-state index contributed by atoms with van der Waals surface area (Å²) in [5.41, 5.74) is 3.16. The van der Waals surface area contributed by atoms with Crippen LogP contribution in [0.15, 0.2) is 54.6 Å². The highest BCUT2D eigenvalue weighted by atomic mass is 32.2. The van der Waals surface area contributed by atoms with E-state index in [9.17, 15) is 4.79 Å². The van der Waals surface area contributed by atoms with Gasteiger partial charge in [0.1, 0.15) is 0 Å². The number of nitrogens with zero attached hydrogens (tertiary/aromatic N) is 1. The molecule has 1 heterocycles. The maximum absolute atomic E-state index is 12.2. The number of rotatable bonds is 5. The molecule has 1 saturated heterocycles. The molecule has 0 unspecified atom stereocenters. The molecular weight excluding hydrogens is 278 g/mol. The number of carbonyl (C=O) groups excluding carboxylic acids is 1. The molecule has 3 heteroatoms. The Balaban J connectivity index is 1.62. The molecule has 0 N–H and O–H groups in total. The van der Waals surface area contributed by atoms with Gasteiger partial charge in [0.15, 0.2) is 5.78 Å². The Kier molecular flexibility index (Phi) is 4.73. The second-order valence-corrected chi connectivity index (χ2v) is 6.35. The number of Topliss-reactive ketones (excluding diaryl/α,β-unsaturated/α-hetero) is 1. The predicted octanol–water partition coefficient (Wildman–Crippen LogP) is 3.93. The van der Waals surface area contributed by atoms with Crippen LogP contribution in [0.1, 0.15) is 16.8 Å². The van der Waals surface area contributed by atoms with Crippen LogP contribution in [-0.2, 0) is 0 Å². The van der Waals surface area contributed by atoms with Crippen LogP contribution < -0.4 is 0 Å². The molecule has 1 aliphatic heterocycles. The lowest BCUT2D eigenvalue weighted by Gasteiger charge is -2.12. The largest absolute Gasteiger partial charge is 0.294 e. The molecule has 2 aromatic carbocycles. The predicted molar refractivity (Wildman–Crippen MR) is 89.7 cm³/mol. The summed E-state index contributed by atoms with van der Waals surface area (Å²) in [6.45, 7) is 2.00. The van der Waals surface area contributed by atoms with Gasteiger partial charge in [-0.05, 0) is 11.1 Å². The minimum Gasteiger partial charge on any atom is -0.294 e. The lowest BCUT2D eigenvalue weighted by molar-refractivity contribution is 0.0970. The Morgan fingerprint density at radius 2 is 1.71 bits per heavy atom. The van der Waals surface area contributed by atoms with Crippen LogP contribution in [-0.4, -0.2) is 35.4 Å². The first kappa shape index (κ1) is 14.4. The number of hydrogen-bond acceptors (Lipinski definition) is 3. The van der Waals surface area contributed by atoms with E-state index in [1.54, 1.807) is 0 Å². The van der Waals surface area contributed by atoms with Gasteiger partial charge in [0, 0.05) is 36.7 Å². The molecule has 21 heavy (non-hydrogen) atoms. The van der Waals surface area contributed by atoms with Crippen LogP contribution in [0.4, 0.5) is 0 Å². The van der Waals surface area contributed by atoms with Crippen molar-refractivity contribution in [2.24, 2.45) is 0 Å². The Hall–Kier alpha value is -1.58. The molecule has 3 rings (SSSR count). The summed E-state index contributed by atoms with van der Waals surface area (Å²) in [7, 11) is 0. The van der Waals surface area contributed by atoms with Crippen LogP contribution >= 0.6 is 11.8 Å². The van der Waals surface area contributed by atoms with Crippen molar-refractivity contribution in [3.8, 4) is 11.1 Å². The maximum Gasteiger partial charge on any atom is 0.164 e. The average molecular weight is 297 g/mol. The molecule has 1 aliphatic rings. The van der Waals surface area contributed by atoms with Crippen molar-refractivity contribution < 1.29 is 4.79 Å². The molecule has 0 saturated carbocycles. The molecule has 0 amide bonds. The van der Waals surface area contributed by atoms with Crippen LogP contribution in [0.2, 0.25) is 0 Å². The molecule has 0 aliphatic carbocycles. The standard InChI is InChI=1S/C18H19NOS/c20-18(10-11-19-12-13-21-14-19)17-8-6-16(7-9-17)15-4-2-1-3-5-15/h1-9H,10-14H2. The summed E-state index contributed by atoms with van der Waals surface area (Å²) < 4.78 is 0. The minimum atomic E-state index is 0.242. The van der Waals surface area contributed by atoms with Gasteiger partial charge < -0.3 is 0 Å². The van der Waals surface area contributed by atoms with Gasteiger partial charge >= 0.3 is 0 Å². The molecule has 0 aromatic heterocycles. The summed E-state index contributed by atoms with van der Waals surface area (Å²) >= 11 is 1.94. The van der Waals surface area contributed by atoms with E-state index in [2.05, 4.69) is 17.0 Å². The molecular formula is C18H19NOS. The van der Waals surface area contributed by atoms with E-state index in [0.717, 1.165) is 30.1 Å². The van der Waals surface area contributed by atoms with Crippen molar-refractivity contribution in [2.75, 3.05) is 24.7 Å².